The Labute approximate surface area is 134 Å². The molecule has 2 aliphatic rings. The van der Waals surface area contributed by atoms with Crippen molar-refractivity contribution < 1.29 is 8.42 Å². The predicted molar refractivity (Wildman–Crippen MR) is 84.8 cm³/mol. The summed E-state index contributed by atoms with van der Waals surface area (Å²) >= 11 is 6.09. The highest BCUT2D eigenvalue weighted by Gasteiger charge is 2.38. The van der Waals surface area contributed by atoms with Crippen LogP contribution >= 0.6 is 11.6 Å². The number of hydrogen-bond donors (Lipinski definition) is 0. The first-order valence-electron chi connectivity index (χ1n) is 7.37. The average molecular weight is 347 g/mol. The first-order chi connectivity index (χ1) is 10.4. The molecule has 2 saturated heterocycles. The first kappa shape index (κ1) is 15.8. The van der Waals surface area contributed by atoms with E-state index in [2.05, 4.69) is 5.10 Å². The molecule has 0 radical (unpaired) electrons. The maximum atomic E-state index is 12.6. The van der Waals surface area contributed by atoms with Crippen molar-refractivity contribution >= 4 is 27.3 Å². The van der Waals surface area contributed by atoms with Gasteiger partial charge >= 0.3 is 0 Å². The first-order valence-corrected chi connectivity index (χ1v) is 9.25. The van der Waals surface area contributed by atoms with Crippen molar-refractivity contribution in [1.29, 1.82) is 0 Å². The zero-order chi connectivity index (χ0) is 15.9. The van der Waals surface area contributed by atoms with Crippen molar-refractivity contribution in [2.75, 3.05) is 31.1 Å². The fraction of sp³-hybridized carbons (Fsp3) is 0.692. The summed E-state index contributed by atoms with van der Waals surface area (Å²) in [6.07, 6.45) is 3.93. The second-order valence-electron chi connectivity index (χ2n) is 5.78. The Balaban J connectivity index is 1.81. The Hall–Kier alpha value is -1.12. The summed E-state index contributed by atoms with van der Waals surface area (Å²) in [7, 11) is -1.74. The van der Waals surface area contributed by atoms with E-state index in [1.807, 2.05) is 4.90 Å². The molecule has 2 fully saturated rings. The average Bonchev–Trinajstić information content (AvgIpc) is 3.16. The van der Waals surface area contributed by atoms with Crippen LogP contribution in [0.15, 0.2) is 11.0 Å². The van der Waals surface area contributed by atoms with E-state index >= 15 is 0 Å². The maximum Gasteiger partial charge on any atom is 0.287 e. The molecule has 7 nitrogen and oxygen atoms in total. The molecule has 0 amide bonds. The highest BCUT2D eigenvalue weighted by Crippen LogP contribution is 2.29. The quantitative estimate of drug-likeness (QED) is 0.793. The van der Waals surface area contributed by atoms with Crippen LogP contribution in [0.5, 0.6) is 0 Å². The zero-order valence-electron chi connectivity index (χ0n) is 12.4. The summed E-state index contributed by atoms with van der Waals surface area (Å²) in [5, 5.41) is 3.62. The Morgan fingerprint density at radius 3 is 2.64 bits per heavy atom. The van der Waals surface area contributed by atoms with Crippen LogP contribution in [0.4, 0.5) is 5.69 Å². The van der Waals surface area contributed by atoms with Crippen molar-refractivity contribution in [2.45, 2.75) is 24.5 Å². The number of halogens is 1. The zero-order valence-corrected chi connectivity index (χ0v) is 14.0. The minimum absolute atomic E-state index is 0.0942. The number of aromatic nitrogens is 2. The summed E-state index contributed by atoms with van der Waals surface area (Å²) in [4.78, 5) is 13.7. The highest BCUT2D eigenvalue weighted by molar-refractivity contribution is 7.89. The van der Waals surface area contributed by atoms with E-state index in [0.29, 0.717) is 38.3 Å². The Bertz CT molecular complexity index is 727. The Morgan fingerprint density at radius 1 is 1.27 bits per heavy atom. The maximum absolute atomic E-state index is 12.6. The van der Waals surface area contributed by atoms with Gasteiger partial charge < -0.3 is 4.90 Å². The molecule has 0 N–H and O–H groups in total. The number of sulfonamides is 1. The number of hydrogen-bond acceptors (Lipinski definition) is 5. The van der Waals surface area contributed by atoms with Gasteiger partial charge in [0.25, 0.3) is 5.56 Å². The summed E-state index contributed by atoms with van der Waals surface area (Å²) in [5.74, 6) is 0. The van der Waals surface area contributed by atoms with Gasteiger partial charge in [0, 0.05) is 33.2 Å². The summed E-state index contributed by atoms with van der Waals surface area (Å²) in [6, 6.07) is 0. The lowest BCUT2D eigenvalue weighted by atomic mass is 10.4. The van der Waals surface area contributed by atoms with Crippen molar-refractivity contribution in [3.63, 3.8) is 0 Å². The molecule has 1 aromatic rings. The van der Waals surface area contributed by atoms with Crippen molar-refractivity contribution in [3.05, 3.63) is 21.6 Å². The van der Waals surface area contributed by atoms with Gasteiger partial charge in [-0.1, -0.05) is 11.6 Å². The normalized spacial score (nSPS) is 23.4. The number of aryl methyl sites for hydroxylation is 1. The fourth-order valence-electron chi connectivity index (χ4n) is 3.07. The Kier molecular flexibility index (Phi) is 4.17. The highest BCUT2D eigenvalue weighted by atomic mass is 35.5. The molecular formula is C13H19ClN4O3S. The molecule has 0 spiro atoms. The number of rotatable bonds is 3. The van der Waals surface area contributed by atoms with Crippen LogP contribution in [-0.4, -0.2) is 53.9 Å². The standard InChI is InChI=1S/C13H19ClN4O3S/c1-16-13(19)12(14)11(8-15-16)17-7-4-10(9-17)22(20,21)18-5-2-3-6-18/h8,10H,2-7,9H2,1H3/t10-/m0/s1. The lowest BCUT2D eigenvalue weighted by Gasteiger charge is -2.22. The van der Waals surface area contributed by atoms with Crippen LogP contribution in [0.2, 0.25) is 5.02 Å². The monoisotopic (exact) mass is 346 g/mol. The van der Waals surface area contributed by atoms with E-state index in [9.17, 15) is 13.2 Å². The van der Waals surface area contributed by atoms with E-state index in [1.54, 1.807) is 4.31 Å². The largest absolute Gasteiger partial charge is 0.367 e. The molecule has 0 unspecified atom stereocenters. The summed E-state index contributed by atoms with van der Waals surface area (Å²) < 4.78 is 28.0. The third-order valence-electron chi connectivity index (χ3n) is 4.39. The van der Waals surface area contributed by atoms with E-state index in [4.69, 9.17) is 11.6 Å². The molecule has 0 bridgehead atoms. The van der Waals surface area contributed by atoms with Crippen molar-refractivity contribution in [2.24, 2.45) is 7.05 Å². The molecule has 22 heavy (non-hydrogen) atoms. The van der Waals surface area contributed by atoms with Crippen molar-refractivity contribution in [1.82, 2.24) is 14.1 Å². The number of nitrogens with zero attached hydrogens (tertiary/aromatic N) is 4. The van der Waals surface area contributed by atoms with Gasteiger partial charge in [0.2, 0.25) is 10.0 Å². The molecular weight excluding hydrogens is 328 g/mol. The van der Waals surface area contributed by atoms with Gasteiger partial charge in [0.1, 0.15) is 5.02 Å². The third kappa shape index (κ3) is 2.63. The van der Waals surface area contributed by atoms with Gasteiger partial charge in [-0.05, 0) is 19.3 Å². The van der Waals surface area contributed by atoms with E-state index < -0.39 is 15.3 Å². The predicted octanol–water partition coefficient (Wildman–Crippen LogP) is 0.438. The smallest absolute Gasteiger partial charge is 0.287 e. The van der Waals surface area contributed by atoms with E-state index in [1.165, 1.54) is 17.9 Å². The molecule has 0 aromatic carbocycles. The van der Waals surface area contributed by atoms with Crippen LogP contribution in [0.25, 0.3) is 0 Å². The SMILES string of the molecule is Cn1ncc(N2CC[C@H](S(=O)(=O)N3CCCC3)C2)c(Cl)c1=O. The second-order valence-corrected chi connectivity index (χ2v) is 8.37. The summed E-state index contributed by atoms with van der Waals surface area (Å²) in [5.41, 5.74) is 0.147. The lowest BCUT2D eigenvalue weighted by Crippen LogP contribution is -2.38. The van der Waals surface area contributed by atoms with Crippen LogP contribution in [0, 0.1) is 0 Å². The molecule has 2 aliphatic heterocycles. The van der Waals surface area contributed by atoms with Gasteiger partial charge in [-0.25, -0.2) is 17.4 Å². The van der Waals surface area contributed by atoms with Crippen LogP contribution in [-0.2, 0) is 17.1 Å². The fourth-order valence-corrected chi connectivity index (χ4v) is 5.32. The molecule has 0 saturated carbocycles. The molecule has 3 heterocycles. The third-order valence-corrected chi connectivity index (χ3v) is 7.06. The minimum atomic E-state index is -3.27. The molecule has 0 aliphatic carbocycles. The van der Waals surface area contributed by atoms with Crippen LogP contribution in [0.3, 0.4) is 0 Å². The lowest BCUT2D eigenvalue weighted by molar-refractivity contribution is 0.467. The van der Waals surface area contributed by atoms with Gasteiger partial charge in [-0.2, -0.15) is 5.10 Å². The van der Waals surface area contributed by atoms with Crippen LogP contribution in [0.1, 0.15) is 19.3 Å². The molecule has 1 aromatic heterocycles. The van der Waals surface area contributed by atoms with Gasteiger partial charge in [-0.15, -0.1) is 0 Å². The summed E-state index contributed by atoms with van der Waals surface area (Å²) in [6.45, 7) is 2.15. The van der Waals surface area contributed by atoms with Gasteiger partial charge in [0.05, 0.1) is 17.1 Å². The molecule has 3 rings (SSSR count). The minimum Gasteiger partial charge on any atom is -0.367 e. The molecule has 1 atom stereocenters. The van der Waals surface area contributed by atoms with Gasteiger partial charge in [-0.3, -0.25) is 4.79 Å². The van der Waals surface area contributed by atoms with Crippen molar-refractivity contribution in [3.8, 4) is 0 Å². The van der Waals surface area contributed by atoms with E-state index in [-0.39, 0.29) is 10.6 Å². The van der Waals surface area contributed by atoms with Crippen LogP contribution < -0.4 is 10.5 Å². The molecule has 122 valence electrons. The Morgan fingerprint density at radius 2 is 1.95 bits per heavy atom. The van der Waals surface area contributed by atoms with E-state index in [0.717, 1.165) is 12.8 Å². The number of anilines is 1. The topological polar surface area (TPSA) is 75.5 Å². The van der Waals surface area contributed by atoms with Gasteiger partial charge in [0.15, 0.2) is 0 Å². The second kappa shape index (κ2) is 5.82. The molecule has 9 heteroatoms.